The Balaban J connectivity index is 1.05. The van der Waals surface area contributed by atoms with E-state index in [1.54, 1.807) is 0 Å². The number of benzene rings is 9. The Bertz CT molecular complexity index is 3260. The maximum Gasteiger partial charge on any atom is 0.164 e. The van der Waals surface area contributed by atoms with Gasteiger partial charge in [0.25, 0.3) is 0 Å². The lowest BCUT2D eigenvalue weighted by molar-refractivity contribution is 1.07. The molecule has 5 heteroatoms. The van der Waals surface area contributed by atoms with E-state index in [0.717, 1.165) is 55.9 Å². The first-order valence-electron chi connectivity index (χ1n) is 19.1. The van der Waals surface area contributed by atoms with Crippen LogP contribution in [0.1, 0.15) is 0 Å². The molecule has 0 saturated heterocycles. The third kappa shape index (κ3) is 5.72. The number of aromatic nitrogens is 5. The number of hydrogen-bond donors (Lipinski definition) is 0. The lowest BCUT2D eigenvalue weighted by Gasteiger charge is -2.13. The Labute approximate surface area is 329 Å². The maximum absolute atomic E-state index is 5.18. The molecule has 0 aliphatic carbocycles. The first kappa shape index (κ1) is 32.7. The van der Waals surface area contributed by atoms with E-state index in [-0.39, 0.29) is 0 Å². The average Bonchev–Trinajstić information content (AvgIpc) is 3.69. The molecular formula is C52H33N5. The van der Waals surface area contributed by atoms with Crippen LogP contribution < -0.4 is 0 Å². The van der Waals surface area contributed by atoms with Crippen molar-refractivity contribution in [1.29, 1.82) is 0 Å². The lowest BCUT2D eigenvalue weighted by Crippen LogP contribution is -2.02. The smallest absolute Gasteiger partial charge is 0.164 e. The largest absolute Gasteiger partial charge is 0.292 e. The van der Waals surface area contributed by atoms with Crippen LogP contribution in [0.15, 0.2) is 200 Å². The van der Waals surface area contributed by atoms with Crippen LogP contribution in [0.2, 0.25) is 0 Å². The molecule has 0 aliphatic heterocycles. The summed E-state index contributed by atoms with van der Waals surface area (Å²) in [4.78, 5) is 20.4. The molecular weight excluding hydrogens is 695 g/mol. The van der Waals surface area contributed by atoms with Gasteiger partial charge < -0.3 is 0 Å². The molecule has 0 saturated carbocycles. The van der Waals surface area contributed by atoms with Crippen LogP contribution in [0.4, 0.5) is 0 Å². The molecule has 5 nitrogen and oxygen atoms in total. The van der Waals surface area contributed by atoms with Crippen LogP contribution in [0, 0.1) is 0 Å². The highest BCUT2D eigenvalue weighted by Crippen LogP contribution is 2.38. The van der Waals surface area contributed by atoms with E-state index in [0.29, 0.717) is 17.5 Å². The second kappa shape index (κ2) is 13.5. The molecule has 9 aromatic carbocycles. The van der Waals surface area contributed by atoms with Crippen LogP contribution in [0.3, 0.4) is 0 Å². The summed E-state index contributed by atoms with van der Waals surface area (Å²) in [6, 6.07) is 69.8. The molecule has 2 heterocycles. The van der Waals surface area contributed by atoms with Gasteiger partial charge in [0.05, 0.1) is 11.0 Å². The highest BCUT2D eigenvalue weighted by atomic mass is 15.1. The third-order valence-electron chi connectivity index (χ3n) is 10.8. The highest BCUT2D eigenvalue weighted by Gasteiger charge is 2.18. The van der Waals surface area contributed by atoms with E-state index in [1.165, 1.54) is 32.3 Å². The number of nitrogens with zero attached hydrogens (tertiary/aromatic N) is 5. The molecule has 57 heavy (non-hydrogen) atoms. The summed E-state index contributed by atoms with van der Waals surface area (Å²) in [7, 11) is 0. The van der Waals surface area contributed by atoms with Gasteiger partial charge in [-0.3, -0.25) is 4.57 Å². The number of para-hydroxylation sites is 2. The molecule has 11 rings (SSSR count). The number of hydrogen-bond acceptors (Lipinski definition) is 4. The maximum atomic E-state index is 5.18. The van der Waals surface area contributed by atoms with Crippen molar-refractivity contribution in [3.8, 4) is 62.4 Å². The summed E-state index contributed by atoms with van der Waals surface area (Å²) in [5.41, 5.74) is 8.94. The van der Waals surface area contributed by atoms with Crippen molar-refractivity contribution < 1.29 is 0 Å². The van der Waals surface area contributed by atoms with Crippen molar-refractivity contribution in [2.45, 2.75) is 0 Å². The standard InChI is InChI=1S/C52H33N5/c1-3-15-34(16-4-1)49-54-50(38-20-13-19-36(31-38)37-29-30-45-43-25-8-7-23-41(43)42-24-9-10-26-44(42)46(45)33-37)56-51(55-49)39-21-14-22-40(32-39)57-48-28-12-11-27-47(48)53-52(57)35-17-5-2-6-18-35/h1-33H. The summed E-state index contributed by atoms with van der Waals surface area (Å²) >= 11 is 0. The van der Waals surface area contributed by atoms with Crippen molar-refractivity contribution in [2.24, 2.45) is 0 Å². The molecule has 0 amide bonds. The number of imidazole rings is 1. The van der Waals surface area contributed by atoms with Gasteiger partial charge in [-0.15, -0.1) is 0 Å². The monoisotopic (exact) mass is 727 g/mol. The molecule has 0 radical (unpaired) electrons. The zero-order valence-electron chi connectivity index (χ0n) is 30.8. The van der Waals surface area contributed by atoms with Crippen molar-refractivity contribution in [3.05, 3.63) is 200 Å². The molecule has 2 aromatic heterocycles. The first-order chi connectivity index (χ1) is 28.2. The zero-order chi connectivity index (χ0) is 37.7. The Morgan fingerprint density at radius 3 is 1.44 bits per heavy atom. The van der Waals surface area contributed by atoms with Gasteiger partial charge in [0.15, 0.2) is 17.5 Å². The highest BCUT2D eigenvalue weighted by molar-refractivity contribution is 6.25. The normalized spacial score (nSPS) is 11.5. The fourth-order valence-electron chi connectivity index (χ4n) is 8.13. The fraction of sp³-hybridized carbons (Fsp3) is 0. The Morgan fingerprint density at radius 1 is 0.281 bits per heavy atom. The SMILES string of the molecule is c1ccc(-c2nc(-c3cccc(-c4ccc5c6ccccc6c6ccccc6c5c4)c3)nc(-c3cccc(-n4c(-c5ccccc5)nc5ccccc54)c3)n2)cc1. The predicted molar refractivity (Wildman–Crippen MR) is 234 cm³/mol. The minimum atomic E-state index is 0.598. The molecule has 0 bridgehead atoms. The fourth-order valence-corrected chi connectivity index (χ4v) is 8.13. The third-order valence-corrected chi connectivity index (χ3v) is 10.8. The van der Waals surface area contributed by atoms with Crippen LogP contribution in [0.25, 0.3) is 106 Å². The van der Waals surface area contributed by atoms with Gasteiger partial charge in [0.2, 0.25) is 0 Å². The summed E-state index contributed by atoms with van der Waals surface area (Å²) in [6.07, 6.45) is 0. The van der Waals surface area contributed by atoms with Crippen molar-refractivity contribution in [2.75, 3.05) is 0 Å². The summed E-state index contributed by atoms with van der Waals surface area (Å²) < 4.78 is 2.22. The van der Waals surface area contributed by atoms with Gasteiger partial charge in [0, 0.05) is 27.9 Å². The minimum Gasteiger partial charge on any atom is -0.292 e. The van der Waals surface area contributed by atoms with Crippen molar-refractivity contribution in [3.63, 3.8) is 0 Å². The number of fused-ring (bicyclic) bond motifs is 7. The van der Waals surface area contributed by atoms with Crippen LogP contribution in [-0.4, -0.2) is 24.5 Å². The molecule has 0 atom stereocenters. The zero-order valence-corrected chi connectivity index (χ0v) is 30.8. The van der Waals surface area contributed by atoms with Crippen LogP contribution >= 0.6 is 0 Å². The topological polar surface area (TPSA) is 56.5 Å². The van der Waals surface area contributed by atoms with E-state index in [4.69, 9.17) is 19.9 Å². The first-order valence-corrected chi connectivity index (χ1v) is 19.1. The van der Waals surface area contributed by atoms with E-state index < -0.39 is 0 Å². The molecule has 0 fully saturated rings. The van der Waals surface area contributed by atoms with Gasteiger partial charge in [0.1, 0.15) is 5.82 Å². The van der Waals surface area contributed by atoms with Gasteiger partial charge in [-0.05, 0) is 79.8 Å². The Kier molecular flexibility index (Phi) is 7.74. The minimum absolute atomic E-state index is 0.598. The molecule has 0 aliphatic rings. The van der Waals surface area contributed by atoms with Crippen molar-refractivity contribution >= 4 is 43.4 Å². The van der Waals surface area contributed by atoms with Crippen LogP contribution in [-0.2, 0) is 0 Å². The van der Waals surface area contributed by atoms with Crippen molar-refractivity contribution in [1.82, 2.24) is 24.5 Å². The van der Waals surface area contributed by atoms with Gasteiger partial charge in [-0.1, -0.05) is 164 Å². The van der Waals surface area contributed by atoms with Gasteiger partial charge in [-0.25, -0.2) is 19.9 Å². The quantitative estimate of drug-likeness (QED) is 0.160. The molecule has 11 aromatic rings. The van der Waals surface area contributed by atoms with Gasteiger partial charge >= 0.3 is 0 Å². The molecule has 266 valence electrons. The molecule has 0 spiro atoms. The van der Waals surface area contributed by atoms with E-state index >= 15 is 0 Å². The predicted octanol–water partition coefficient (Wildman–Crippen LogP) is 13.0. The Morgan fingerprint density at radius 2 is 0.754 bits per heavy atom. The van der Waals surface area contributed by atoms with E-state index in [9.17, 15) is 0 Å². The lowest BCUT2D eigenvalue weighted by atomic mass is 9.92. The summed E-state index contributed by atoms with van der Waals surface area (Å²) in [6.45, 7) is 0. The Hall–Kier alpha value is -7.76. The van der Waals surface area contributed by atoms with Crippen LogP contribution in [0.5, 0.6) is 0 Å². The summed E-state index contributed by atoms with van der Waals surface area (Å²) in [5, 5.41) is 7.54. The average molecular weight is 728 g/mol. The van der Waals surface area contributed by atoms with E-state index in [2.05, 4.69) is 150 Å². The molecule has 0 N–H and O–H groups in total. The number of rotatable bonds is 6. The second-order valence-corrected chi connectivity index (χ2v) is 14.3. The van der Waals surface area contributed by atoms with E-state index in [1.807, 2.05) is 54.6 Å². The summed E-state index contributed by atoms with van der Waals surface area (Å²) in [5.74, 6) is 2.71. The van der Waals surface area contributed by atoms with Gasteiger partial charge in [-0.2, -0.15) is 0 Å². The molecule has 0 unspecified atom stereocenters. The second-order valence-electron chi connectivity index (χ2n) is 14.3.